The van der Waals surface area contributed by atoms with Gasteiger partial charge in [-0.25, -0.2) is 19.2 Å². The summed E-state index contributed by atoms with van der Waals surface area (Å²) in [6.07, 6.45) is 8.75. The first kappa shape index (κ1) is 77.2. The summed E-state index contributed by atoms with van der Waals surface area (Å²) in [5.41, 5.74) is 21.1. The van der Waals surface area contributed by atoms with Crippen molar-refractivity contribution in [2.45, 2.75) is 124 Å². The van der Waals surface area contributed by atoms with Crippen LogP contribution in [0.25, 0.3) is 0 Å². The average molecular weight is 1370 g/mol. The van der Waals surface area contributed by atoms with Crippen LogP contribution in [0.15, 0.2) is 173 Å². The SMILES string of the molecule is CC(C)[C@H](NC(=O)OC(C)(C)C)C(=O)O/N=C(\N)c1ccc(OCCCN2CCC(CCCOc3ccc(C(=N)NC(=O)OCc4ccccc4)cc3)CC2)cc1.NC(=NC(=O)OCc1ccccc1)c1ccc(OCCCC2CCN(CCCOc3ccc(/C(N)=N\O)cc3)CC2)cc1. The van der Waals surface area contributed by atoms with Crippen molar-refractivity contribution in [3.05, 3.63) is 191 Å². The topological polar surface area (TPSA) is 332 Å². The van der Waals surface area contributed by atoms with Gasteiger partial charge in [0.05, 0.1) is 26.4 Å². The highest BCUT2D eigenvalue weighted by Crippen LogP contribution is 2.25. The van der Waals surface area contributed by atoms with Gasteiger partial charge in [0.25, 0.3) is 0 Å². The lowest BCUT2D eigenvalue weighted by Gasteiger charge is -2.32. The maximum absolute atomic E-state index is 12.6. The van der Waals surface area contributed by atoms with Crippen LogP contribution in [0.4, 0.5) is 14.4 Å². The van der Waals surface area contributed by atoms with Gasteiger partial charge in [-0.2, -0.15) is 4.99 Å². The molecule has 0 spiro atoms. The quantitative estimate of drug-likeness (QED) is 0.00392. The molecule has 2 fully saturated rings. The van der Waals surface area contributed by atoms with Crippen LogP contribution in [0.1, 0.15) is 132 Å². The third-order valence-corrected chi connectivity index (χ3v) is 16.6. The molecule has 0 saturated carbocycles. The number of carbonyl (C=O) groups excluding carboxylic acids is 4. The number of likely N-dealkylation sites (tertiary alicyclic amines) is 2. The number of benzene rings is 6. The number of alkyl carbamates (subject to hydrolysis) is 2. The van der Waals surface area contributed by atoms with Crippen molar-refractivity contribution in [2.24, 2.45) is 50.3 Å². The Balaban J connectivity index is 0.000000292. The summed E-state index contributed by atoms with van der Waals surface area (Å²) in [6.45, 7) is 17.9. The fourth-order valence-electron chi connectivity index (χ4n) is 11.0. The fraction of sp³-hybridized carbons (Fsp3) is 0.421. The van der Waals surface area contributed by atoms with Gasteiger partial charge in [0, 0.05) is 35.3 Å². The molecule has 536 valence electrons. The first-order chi connectivity index (χ1) is 48.2. The summed E-state index contributed by atoms with van der Waals surface area (Å²) in [7, 11) is 0. The molecule has 2 aliphatic rings. The molecule has 24 nitrogen and oxygen atoms in total. The maximum atomic E-state index is 12.6. The Bertz CT molecular complexity index is 3540. The molecule has 100 heavy (non-hydrogen) atoms. The summed E-state index contributed by atoms with van der Waals surface area (Å²) in [6, 6.07) is 46.5. The van der Waals surface area contributed by atoms with Gasteiger partial charge in [0.2, 0.25) is 0 Å². The summed E-state index contributed by atoms with van der Waals surface area (Å²) in [5, 5.41) is 28.7. The van der Waals surface area contributed by atoms with Crippen LogP contribution in [-0.4, -0.2) is 140 Å². The van der Waals surface area contributed by atoms with E-state index in [0.717, 1.165) is 125 Å². The number of nitrogens with one attached hydrogen (secondary N) is 3. The normalized spacial score (nSPS) is 14.5. The molecule has 0 unspecified atom stereocenters. The molecule has 3 amide bonds. The molecule has 6 aromatic rings. The van der Waals surface area contributed by atoms with E-state index in [4.69, 9.17) is 65.8 Å². The summed E-state index contributed by atoms with van der Waals surface area (Å²) in [4.78, 5) is 62.8. The number of rotatable bonds is 32. The number of ether oxygens (including phenoxy) is 7. The zero-order valence-electron chi connectivity index (χ0n) is 58.2. The molecule has 2 heterocycles. The number of nitrogens with two attached hydrogens (primary N) is 3. The Morgan fingerprint density at radius 1 is 0.540 bits per heavy atom. The number of oxime groups is 2. The minimum Gasteiger partial charge on any atom is -0.494 e. The molecule has 24 heteroatoms. The highest BCUT2D eigenvalue weighted by atomic mass is 16.7. The van der Waals surface area contributed by atoms with Crippen molar-refractivity contribution in [1.29, 1.82) is 5.41 Å². The number of amidine groups is 4. The minimum atomic E-state index is -0.956. The molecule has 0 aromatic heterocycles. The summed E-state index contributed by atoms with van der Waals surface area (Å²) >= 11 is 0. The predicted octanol–water partition coefficient (Wildman–Crippen LogP) is 12.2. The number of carbonyl (C=O) groups is 4. The van der Waals surface area contributed by atoms with E-state index in [0.29, 0.717) is 60.3 Å². The molecular formula is C76H99N11O13. The number of amides is 3. The van der Waals surface area contributed by atoms with Crippen LogP contribution in [0, 0.1) is 23.2 Å². The highest BCUT2D eigenvalue weighted by Gasteiger charge is 2.29. The number of aliphatic imine (C=N–C) groups is 1. The van der Waals surface area contributed by atoms with E-state index in [1.54, 1.807) is 95.3 Å². The Labute approximate surface area is 587 Å². The molecule has 1 atom stereocenters. The summed E-state index contributed by atoms with van der Waals surface area (Å²) in [5.74, 6) is 3.55. The van der Waals surface area contributed by atoms with Gasteiger partial charge >= 0.3 is 24.2 Å². The van der Waals surface area contributed by atoms with Gasteiger partial charge < -0.3 is 75.5 Å². The second kappa shape index (κ2) is 41.3. The van der Waals surface area contributed by atoms with Crippen molar-refractivity contribution in [3.63, 3.8) is 0 Å². The maximum Gasteiger partial charge on any atom is 0.435 e. The molecular weight excluding hydrogens is 1270 g/mol. The van der Waals surface area contributed by atoms with Crippen molar-refractivity contribution >= 4 is 47.6 Å². The van der Waals surface area contributed by atoms with E-state index in [1.165, 1.54) is 12.8 Å². The highest BCUT2D eigenvalue weighted by molar-refractivity contribution is 6.05. The number of hydrogen-bond donors (Lipinski definition) is 7. The van der Waals surface area contributed by atoms with Crippen LogP contribution in [0.5, 0.6) is 23.0 Å². The smallest absolute Gasteiger partial charge is 0.435 e. The Hall–Kier alpha value is -10.2. The van der Waals surface area contributed by atoms with Crippen LogP contribution < -0.4 is 46.8 Å². The van der Waals surface area contributed by atoms with Crippen molar-refractivity contribution in [3.8, 4) is 23.0 Å². The van der Waals surface area contributed by atoms with Crippen molar-refractivity contribution in [2.75, 3.05) is 65.7 Å². The molecule has 2 aliphatic heterocycles. The second-order valence-electron chi connectivity index (χ2n) is 25.9. The lowest BCUT2D eigenvalue weighted by atomic mass is 9.92. The van der Waals surface area contributed by atoms with E-state index < -0.39 is 35.9 Å². The van der Waals surface area contributed by atoms with Gasteiger partial charge in [-0.1, -0.05) is 84.8 Å². The molecule has 0 radical (unpaired) electrons. The fourth-order valence-corrected chi connectivity index (χ4v) is 11.0. The van der Waals surface area contributed by atoms with Crippen LogP contribution in [-0.2, 0) is 37.1 Å². The molecule has 6 aromatic carbocycles. The van der Waals surface area contributed by atoms with E-state index >= 15 is 0 Å². The zero-order valence-corrected chi connectivity index (χ0v) is 58.2. The van der Waals surface area contributed by atoms with Crippen LogP contribution in [0.2, 0.25) is 0 Å². The minimum absolute atomic E-state index is 0.0183. The number of piperidine rings is 2. The summed E-state index contributed by atoms with van der Waals surface area (Å²) < 4.78 is 39.3. The first-order valence-corrected chi connectivity index (χ1v) is 34.3. The molecule has 10 N–H and O–H groups in total. The molecule has 0 bridgehead atoms. The van der Waals surface area contributed by atoms with Gasteiger partial charge in [-0.15, -0.1) is 0 Å². The standard InChI is InChI=1S/C43H58N6O8.C33H41N5O5/c1-30(2)37(46-42(52)56-43(3,4)5)40(50)57-48-39(45)34-16-20-36(21-17-34)54-28-10-24-49-25-22-31(23-26-49)13-9-27-53-35-18-14-33(15-19-35)38(44)47-41(51)55-29-32-11-7-6-8-12-32;34-31(36-33(39)43-24-26-6-2-1-3-7-26)27-9-13-29(14-10-27)41-22-4-8-25-17-20-38(21-18-25)19-5-23-42-30-15-11-28(12-16-30)32(35)37-40/h6-8,11-12,14-21,30-31,37H,9-10,13,22-29H2,1-5H3,(H2,45,48)(H,46,52)(H2,44,47,51);1-3,6-7,9-16,25,40H,4-5,8,17-24H2,(H2,35,37)(H2,34,36,39)/t37-;/m0./s1. The molecule has 2 saturated heterocycles. The number of nitrogens with zero attached hydrogens (tertiary/aromatic N) is 5. The predicted molar refractivity (Wildman–Crippen MR) is 385 cm³/mol. The van der Waals surface area contributed by atoms with E-state index in [-0.39, 0.29) is 42.5 Å². The van der Waals surface area contributed by atoms with Gasteiger partial charge in [0.1, 0.15) is 59.5 Å². The largest absolute Gasteiger partial charge is 0.494 e. The van der Waals surface area contributed by atoms with Gasteiger partial charge in [-0.3, -0.25) is 10.7 Å². The first-order valence-electron chi connectivity index (χ1n) is 34.3. The monoisotopic (exact) mass is 1370 g/mol. The van der Waals surface area contributed by atoms with Crippen LogP contribution >= 0.6 is 0 Å². The van der Waals surface area contributed by atoms with Crippen molar-refractivity contribution < 1.29 is 62.4 Å². The van der Waals surface area contributed by atoms with E-state index in [2.05, 4.69) is 35.7 Å². The third-order valence-electron chi connectivity index (χ3n) is 16.6. The lowest BCUT2D eigenvalue weighted by Crippen LogP contribution is -2.46. The Morgan fingerprint density at radius 3 is 1.36 bits per heavy atom. The van der Waals surface area contributed by atoms with Crippen molar-refractivity contribution in [1.82, 2.24) is 20.4 Å². The average Bonchev–Trinajstić information content (AvgIpc) is 0.930. The van der Waals surface area contributed by atoms with E-state index in [9.17, 15) is 19.2 Å². The van der Waals surface area contributed by atoms with Gasteiger partial charge in [-0.05, 0) is 237 Å². The number of hydrogen-bond acceptors (Lipinski definition) is 18. The van der Waals surface area contributed by atoms with Gasteiger partial charge in [0.15, 0.2) is 11.7 Å². The second-order valence-corrected chi connectivity index (χ2v) is 25.9. The molecule has 8 rings (SSSR count). The zero-order chi connectivity index (χ0) is 71.5. The third kappa shape index (κ3) is 28.7. The lowest BCUT2D eigenvalue weighted by molar-refractivity contribution is -0.147. The van der Waals surface area contributed by atoms with E-state index in [1.807, 2.05) is 97.1 Å². The Kier molecular flexibility index (Phi) is 31.8. The Morgan fingerprint density at radius 2 is 0.940 bits per heavy atom. The molecule has 0 aliphatic carbocycles. The van der Waals surface area contributed by atoms with Crippen LogP contribution in [0.3, 0.4) is 0 Å².